The number of benzene rings is 20. The molecule has 0 radical (unpaired) electrons. The van der Waals surface area contributed by atoms with Gasteiger partial charge in [0.2, 0.25) is 0 Å². The van der Waals surface area contributed by atoms with Gasteiger partial charge in [0.25, 0.3) is 0 Å². The molecule has 4 aromatic heterocycles. The maximum atomic E-state index is 6.68. The molecule has 20 aromatic carbocycles. The Morgan fingerprint density at radius 3 is 0.767 bits per heavy atom. The Labute approximate surface area is 667 Å². The predicted molar refractivity (Wildman–Crippen MR) is 486 cm³/mol. The van der Waals surface area contributed by atoms with Crippen LogP contribution in [0.5, 0.6) is 0 Å². The van der Waals surface area contributed by atoms with E-state index in [4.69, 9.17) is 17.7 Å². The first-order chi connectivity index (χ1) is 57.5. The van der Waals surface area contributed by atoms with Crippen LogP contribution >= 0.6 is 0 Å². The Morgan fingerprint density at radius 1 is 0.112 bits per heavy atom. The molecule has 4 heteroatoms. The van der Waals surface area contributed by atoms with E-state index in [1.165, 1.54) is 99.1 Å². The molecule has 0 saturated heterocycles. The summed E-state index contributed by atoms with van der Waals surface area (Å²) in [6.07, 6.45) is 0. The first kappa shape index (κ1) is 66.4. The summed E-state index contributed by atoms with van der Waals surface area (Å²) in [6.45, 7) is 0. The lowest BCUT2D eigenvalue weighted by molar-refractivity contribution is 0.668. The van der Waals surface area contributed by atoms with E-state index in [9.17, 15) is 0 Å². The number of para-hydroxylation sites is 6. The molecule has 24 rings (SSSR count). The van der Waals surface area contributed by atoms with Crippen LogP contribution in [-0.2, 0) is 0 Å². The first-order valence-electron chi connectivity index (χ1n) is 39.7. The van der Waals surface area contributed by atoms with Gasteiger partial charge in [-0.25, -0.2) is 0 Å². The van der Waals surface area contributed by atoms with Gasteiger partial charge in [0.05, 0.1) is 0 Å². The summed E-state index contributed by atoms with van der Waals surface area (Å²) >= 11 is 0. The van der Waals surface area contributed by atoms with Crippen molar-refractivity contribution in [2.45, 2.75) is 0 Å². The average molecular weight is 1480 g/mol. The summed E-state index contributed by atoms with van der Waals surface area (Å²) in [5.74, 6) is 0. The second-order valence-electron chi connectivity index (χ2n) is 30.3. The van der Waals surface area contributed by atoms with E-state index in [1.54, 1.807) is 0 Å². The number of hydrogen-bond acceptors (Lipinski definition) is 4. The van der Waals surface area contributed by atoms with Crippen molar-refractivity contribution in [2.75, 3.05) is 0 Å². The van der Waals surface area contributed by atoms with Gasteiger partial charge in [0.15, 0.2) is 0 Å². The fourth-order valence-electron chi connectivity index (χ4n) is 18.5. The van der Waals surface area contributed by atoms with Crippen molar-refractivity contribution in [2.24, 2.45) is 0 Å². The van der Waals surface area contributed by atoms with E-state index in [2.05, 4.69) is 376 Å². The number of fused-ring (bicyclic) bond motifs is 16. The van der Waals surface area contributed by atoms with Crippen LogP contribution in [0.4, 0.5) is 0 Å². The summed E-state index contributed by atoms with van der Waals surface area (Å²) < 4.78 is 26.2. The smallest absolute Gasteiger partial charge is 0.143 e. The van der Waals surface area contributed by atoms with Crippen molar-refractivity contribution in [1.29, 1.82) is 0 Å². The Kier molecular flexibility index (Phi) is 15.6. The van der Waals surface area contributed by atoms with Crippen LogP contribution < -0.4 is 0 Å². The lowest BCUT2D eigenvalue weighted by Crippen LogP contribution is -1.93. The van der Waals surface area contributed by atoms with Crippen LogP contribution in [0.1, 0.15) is 0 Å². The highest BCUT2D eigenvalue weighted by Crippen LogP contribution is 2.52. The molecule has 24 aromatic rings. The van der Waals surface area contributed by atoms with Crippen molar-refractivity contribution in [3.05, 3.63) is 413 Å². The van der Waals surface area contributed by atoms with E-state index in [0.717, 1.165) is 143 Å². The Bertz CT molecular complexity index is 7710. The third kappa shape index (κ3) is 11.0. The van der Waals surface area contributed by atoms with E-state index in [0.29, 0.717) is 0 Å². The summed E-state index contributed by atoms with van der Waals surface area (Å²) in [4.78, 5) is 0. The zero-order valence-electron chi connectivity index (χ0n) is 62.9. The van der Waals surface area contributed by atoms with Crippen LogP contribution in [0.3, 0.4) is 0 Å². The average Bonchev–Trinajstić information content (AvgIpc) is 1.53. The largest absolute Gasteiger partial charge is 0.456 e. The lowest BCUT2D eigenvalue weighted by atomic mass is 9.83. The summed E-state index contributed by atoms with van der Waals surface area (Å²) in [5, 5.41) is 18.4. The predicted octanol–water partition coefficient (Wildman–Crippen LogP) is 32.3. The molecule has 0 amide bonds. The number of rotatable bonds is 10. The van der Waals surface area contributed by atoms with Gasteiger partial charge >= 0.3 is 0 Å². The first-order valence-corrected chi connectivity index (χ1v) is 39.7. The van der Waals surface area contributed by atoms with Crippen LogP contribution in [0.2, 0.25) is 0 Å². The molecule has 0 aliphatic rings. The second-order valence-corrected chi connectivity index (χ2v) is 30.3. The SMILES string of the molecule is c1ccc(-c2ccc(-c3c4cccc(-c5ccc6c(c5)oc5ccccc56)c4cc4c(-c5ccc6c(c5)oc5ccccc56)cccc34)c(-c3ccccc3)c2)cc1.c1ccc(-c2ccc(-c3c4cccc(-c5cccc6c5oc5ccccc56)c4cc4c(-c5cccc6c5oc5ccccc56)cccc34)c(-c3ccccc3)c2)cc1. The summed E-state index contributed by atoms with van der Waals surface area (Å²) in [7, 11) is 0. The molecule has 0 bridgehead atoms. The van der Waals surface area contributed by atoms with E-state index in [1.807, 2.05) is 36.4 Å². The maximum absolute atomic E-state index is 6.68. The minimum Gasteiger partial charge on any atom is -0.456 e. The highest BCUT2D eigenvalue weighted by Gasteiger charge is 2.25. The van der Waals surface area contributed by atoms with Crippen LogP contribution in [0.25, 0.3) is 242 Å². The van der Waals surface area contributed by atoms with Crippen LogP contribution in [0.15, 0.2) is 430 Å². The molecule has 0 atom stereocenters. The molecule has 4 heterocycles. The van der Waals surface area contributed by atoms with Gasteiger partial charge in [-0.05, 0) is 216 Å². The Morgan fingerprint density at radius 2 is 0.388 bits per heavy atom. The third-order valence-electron chi connectivity index (χ3n) is 23.8. The maximum Gasteiger partial charge on any atom is 0.143 e. The molecule has 0 N–H and O–H groups in total. The molecule has 0 unspecified atom stereocenters. The van der Waals surface area contributed by atoms with Crippen molar-refractivity contribution in [3.63, 3.8) is 0 Å². The highest BCUT2D eigenvalue weighted by molar-refractivity contribution is 6.25. The standard InChI is InChI=1S/2C56H34O2/c1-3-15-35(16-4-1)37-31-32-44(49(33-37)36-17-5-2-6-18-36)54-42-23-11-21-38(45-25-13-27-47-40-19-7-9-29-52(40)57-55(45)47)50(42)34-51-39(22-12-24-43(51)54)46-26-14-28-48-41-20-8-10-30-53(41)58-56(46)48;1-3-13-35(14-4-1)37-25-30-48(49(31-37)36-15-5-2-6-16-36)56-46-21-11-19-40(38-26-28-44-42-17-7-9-23-52(42)57-54(44)32-38)50(46)34-51-41(20-12-22-47(51)56)39-27-29-45-43-18-8-10-24-53(43)58-55(45)33-39/h2*1-34H. The van der Waals surface area contributed by atoms with Gasteiger partial charge in [-0.2, -0.15) is 0 Å². The van der Waals surface area contributed by atoms with Crippen molar-refractivity contribution < 1.29 is 17.7 Å². The van der Waals surface area contributed by atoms with E-state index >= 15 is 0 Å². The molecule has 0 saturated carbocycles. The molecule has 116 heavy (non-hydrogen) atoms. The molecule has 0 fully saturated rings. The van der Waals surface area contributed by atoms with Gasteiger partial charge in [0, 0.05) is 54.2 Å². The Balaban J connectivity index is 0.000000137. The number of furan rings is 4. The minimum atomic E-state index is 0.888. The molecule has 4 nitrogen and oxygen atoms in total. The number of hydrogen-bond donors (Lipinski definition) is 0. The fraction of sp³-hybridized carbons (Fsp3) is 0. The molecular formula is C112H68O4. The second kappa shape index (κ2) is 27.2. The molecule has 0 aliphatic carbocycles. The van der Waals surface area contributed by atoms with E-state index in [-0.39, 0.29) is 0 Å². The third-order valence-corrected chi connectivity index (χ3v) is 23.8. The lowest BCUT2D eigenvalue weighted by Gasteiger charge is -2.20. The van der Waals surface area contributed by atoms with Crippen molar-refractivity contribution in [3.8, 4) is 111 Å². The molecule has 0 aliphatic heterocycles. The van der Waals surface area contributed by atoms with Crippen molar-refractivity contribution >= 4 is 131 Å². The van der Waals surface area contributed by atoms with Crippen LogP contribution in [-0.4, -0.2) is 0 Å². The summed E-state index contributed by atoms with van der Waals surface area (Å²) in [5.41, 5.74) is 30.4. The van der Waals surface area contributed by atoms with Gasteiger partial charge in [0.1, 0.15) is 44.7 Å². The fourth-order valence-corrected chi connectivity index (χ4v) is 18.5. The molecular weight excluding hydrogens is 1410 g/mol. The molecule has 0 spiro atoms. The Hall–Kier alpha value is -15.4. The van der Waals surface area contributed by atoms with Gasteiger partial charge < -0.3 is 17.7 Å². The molecule has 540 valence electrons. The zero-order valence-corrected chi connectivity index (χ0v) is 62.9. The zero-order chi connectivity index (χ0) is 76.3. The van der Waals surface area contributed by atoms with Gasteiger partial charge in [-0.1, -0.05) is 340 Å². The minimum absolute atomic E-state index is 0.888. The normalized spacial score (nSPS) is 11.8. The summed E-state index contributed by atoms with van der Waals surface area (Å²) in [6, 6.07) is 148. The van der Waals surface area contributed by atoms with E-state index < -0.39 is 0 Å². The monoisotopic (exact) mass is 1480 g/mol. The topological polar surface area (TPSA) is 52.6 Å². The highest BCUT2D eigenvalue weighted by atomic mass is 16.3. The quantitative estimate of drug-likeness (QED) is 0.128. The van der Waals surface area contributed by atoms with Crippen molar-refractivity contribution in [1.82, 2.24) is 0 Å². The van der Waals surface area contributed by atoms with Crippen LogP contribution in [0, 0.1) is 0 Å². The van der Waals surface area contributed by atoms with Gasteiger partial charge in [-0.3, -0.25) is 0 Å². The van der Waals surface area contributed by atoms with Gasteiger partial charge in [-0.15, -0.1) is 0 Å².